The maximum Gasteiger partial charge on any atom is 0.322 e. The van der Waals surface area contributed by atoms with Gasteiger partial charge in [-0.05, 0) is 41.0 Å². The lowest BCUT2D eigenvalue weighted by atomic mass is 9.95. The van der Waals surface area contributed by atoms with Crippen LogP contribution in [0, 0.1) is 0 Å². The lowest BCUT2D eigenvalue weighted by Gasteiger charge is -2.31. The van der Waals surface area contributed by atoms with E-state index in [1.54, 1.807) is 11.9 Å². The predicted octanol–water partition coefficient (Wildman–Crippen LogP) is 5.20. The summed E-state index contributed by atoms with van der Waals surface area (Å²) in [6.07, 6.45) is 0.337. The lowest BCUT2D eigenvalue weighted by molar-refractivity contribution is -0.136. The third-order valence-electron chi connectivity index (χ3n) is 7.82. The zero-order valence-electron chi connectivity index (χ0n) is 23.8. The maximum atomic E-state index is 14.2. The molecule has 0 unspecified atom stereocenters. The van der Waals surface area contributed by atoms with Gasteiger partial charge in [0, 0.05) is 20.0 Å². The Morgan fingerprint density at radius 1 is 0.860 bits per heavy atom. The summed E-state index contributed by atoms with van der Waals surface area (Å²) in [5.41, 5.74) is 3.65. The predicted molar refractivity (Wildman–Crippen MR) is 163 cm³/mol. The fourth-order valence-electron chi connectivity index (χ4n) is 5.56. The van der Waals surface area contributed by atoms with E-state index in [2.05, 4.69) is 10.6 Å². The zero-order valence-corrected chi connectivity index (χ0v) is 23.8. The van der Waals surface area contributed by atoms with E-state index in [9.17, 15) is 14.4 Å². The van der Waals surface area contributed by atoms with E-state index < -0.39 is 12.1 Å². The van der Waals surface area contributed by atoms with E-state index in [0.717, 1.165) is 11.1 Å². The van der Waals surface area contributed by atoms with Crippen molar-refractivity contribution in [2.45, 2.75) is 25.0 Å². The molecule has 8 heteroatoms. The number of ether oxygens (including phenoxy) is 1. The maximum absolute atomic E-state index is 14.2. The first-order valence-corrected chi connectivity index (χ1v) is 14.2. The van der Waals surface area contributed by atoms with Gasteiger partial charge in [0.15, 0.2) is 0 Å². The Hall–Kier alpha value is -5.37. The van der Waals surface area contributed by atoms with Crippen LogP contribution in [0.15, 0.2) is 127 Å². The highest BCUT2D eigenvalue weighted by Crippen LogP contribution is 2.38. The number of nitrogens with zero attached hydrogens (tertiary/aromatic N) is 2. The number of para-hydroxylation sites is 1. The van der Waals surface area contributed by atoms with Crippen molar-refractivity contribution in [3.63, 3.8) is 0 Å². The molecule has 0 fully saturated rings. The molecule has 2 atom stereocenters. The van der Waals surface area contributed by atoms with E-state index >= 15 is 0 Å². The number of carbonyl (C=O) groups excluding carboxylic acids is 3. The Balaban J connectivity index is 1.29. The molecule has 4 aromatic carbocycles. The molecule has 0 aliphatic carbocycles. The number of carbonyl (C=O) groups is 3. The molecule has 6 rings (SSSR count). The molecular weight excluding hydrogens is 540 g/mol. The summed E-state index contributed by atoms with van der Waals surface area (Å²) < 4.78 is 6.03. The number of rotatable bonds is 9. The summed E-state index contributed by atoms with van der Waals surface area (Å²) in [4.78, 5) is 44.1. The van der Waals surface area contributed by atoms with E-state index in [1.165, 1.54) is 4.90 Å². The number of hydrogen-bond acceptors (Lipinski definition) is 4. The summed E-state index contributed by atoms with van der Waals surface area (Å²) in [6, 6.07) is 34.3. The molecule has 43 heavy (non-hydrogen) atoms. The quantitative estimate of drug-likeness (QED) is 0.289. The Labute approximate surface area is 250 Å². The topological polar surface area (TPSA) is 91.0 Å². The highest BCUT2D eigenvalue weighted by Gasteiger charge is 2.46. The van der Waals surface area contributed by atoms with Crippen LogP contribution < -0.4 is 15.4 Å². The van der Waals surface area contributed by atoms with Crippen LogP contribution >= 0.6 is 0 Å². The van der Waals surface area contributed by atoms with E-state index in [0.29, 0.717) is 41.3 Å². The third kappa shape index (κ3) is 5.99. The van der Waals surface area contributed by atoms with Gasteiger partial charge in [-0.25, -0.2) is 4.79 Å². The van der Waals surface area contributed by atoms with Crippen molar-refractivity contribution in [2.75, 3.05) is 13.6 Å². The number of hydrogen-bond donors (Lipinski definition) is 2. The van der Waals surface area contributed by atoms with Gasteiger partial charge in [0.05, 0.1) is 23.9 Å². The fourth-order valence-corrected chi connectivity index (χ4v) is 5.56. The van der Waals surface area contributed by atoms with Crippen LogP contribution in [0.3, 0.4) is 0 Å². The van der Waals surface area contributed by atoms with Crippen molar-refractivity contribution in [3.8, 4) is 11.5 Å². The van der Waals surface area contributed by atoms with Crippen molar-refractivity contribution in [1.82, 2.24) is 20.4 Å². The van der Waals surface area contributed by atoms with Crippen molar-refractivity contribution in [1.29, 1.82) is 0 Å². The second-order valence-corrected chi connectivity index (χ2v) is 10.6. The van der Waals surface area contributed by atoms with E-state index in [-0.39, 0.29) is 24.4 Å². The number of amides is 4. The Morgan fingerprint density at radius 2 is 1.49 bits per heavy atom. The van der Waals surface area contributed by atoms with Crippen LogP contribution in [0.2, 0.25) is 0 Å². The number of nitrogens with one attached hydrogen (secondary N) is 2. The summed E-state index contributed by atoms with van der Waals surface area (Å²) in [7, 11) is 1.65. The molecule has 0 bridgehead atoms. The molecule has 4 aromatic rings. The van der Waals surface area contributed by atoms with Gasteiger partial charge in [0.1, 0.15) is 17.5 Å². The van der Waals surface area contributed by atoms with Crippen LogP contribution in [-0.2, 0) is 22.6 Å². The van der Waals surface area contributed by atoms with Crippen molar-refractivity contribution >= 4 is 17.8 Å². The van der Waals surface area contributed by atoms with Crippen molar-refractivity contribution in [3.05, 3.63) is 143 Å². The number of likely N-dealkylation sites (N-methyl/N-ethyl adjacent to an activating group) is 1. The molecule has 4 amide bonds. The van der Waals surface area contributed by atoms with Gasteiger partial charge < -0.3 is 20.3 Å². The standard InChI is InChI=1S/C35H32N4O4/c1-38-30-23-39(29(20-24-12-5-2-6-13-24)33(40)36-22-25-14-7-3-8-15-25)34(41)31(30)32(37-35(38)42)26-16-11-19-28(21-26)43-27-17-9-4-10-18-27/h2-19,21,29,32H,20,22-23H2,1H3,(H,36,40)(H,37,42)/t29-,32-/m0/s1. The highest BCUT2D eigenvalue weighted by atomic mass is 16.5. The second kappa shape index (κ2) is 12.2. The van der Waals surface area contributed by atoms with Crippen LogP contribution in [0.4, 0.5) is 4.79 Å². The van der Waals surface area contributed by atoms with Crippen LogP contribution in [-0.4, -0.2) is 47.3 Å². The number of urea groups is 1. The molecule has 2 aliphatic rings. The average Bonchev–Trinajstić information content (AvgIpc) is 3.39. The molecule has 2 N–H and O–H groups in total. The molecule has 0 aromatic heterocycles. The minimum atomic E-state index is -0.777. The van der Waals surface area contributed by atoms with Gasteiger partial charge in [-0.1, -0.05) is 91.0 Å². The van der Waals surface area contributed by atoms with E-state index in [4.69, 9.17) is 4.74 Å². The lowest BCUT2D eigenvalue weighted by Crippen LogP contribution is -2.49. The first kappa shape index (κ1) is 27.8. The Kier molecular flexibility index (Phi) is 7.91. The molecule has 8 nitrogen and oxygen atoms in total. The van der Waals surface area contributed by atoms with Gasteiger partial charge in [0.25, 0.3) is 5.91 Å². The molecule has 0 saturated carbocycles. The van der Waals surface area contributed by atoms with Gasteiger partial charge in [0.2, 0.25) is 5.91 Å². The molecule has 0 saturated heterocycles. The molecule has 0 radical (unpaired) electrons. The molecule has 0 spiro atoms. The Morgan fingerprint density at radius 3 is 2.19 bits per heavy atom. The van der Waals surface area contributed by atoms with Gasteiger partial charge in [-0.2, -0.15) is 0 Å². The second-order valence-electron chi connectivity index (χ2n) is 10.6. The third-order valence-corrected chi connectivity index (χ3v) is 7.82. The normalized spacial score (nSPS) is 16.9. The summed E-state index contributed by atoms with van der Waals surface area (Å²) >= 11 is 0. The molecule has 216 valence electrons. The highest BCUT2D eigenvalue weighted by molar-refractivity contribution is 6.03. The summed E-state index contributed by atoms with van der Waals surface area (Å²) in [5.74, 6) is 0.735. The summed E-state index contributed by atoms with van der Waals surface area (Å²) in [5, 5.41) is 6.01. The van der Waals surface area contributed by atoms with Gasteiger partial charge >= 0.3 is 6.03 Å². The minimum absolute atomic E-state index is 0.144. The largest absolute Gasteiger partial charge is 0.457 e. The Bertz CT molecular complexity index is 1660. The van der Waals surface area contributed by atoms with Crippen LogP contribution in [0.1, 0.15) is 22.7 Å². The minimum Gasteiger partial charge on any atom is -0.457 e. The zero-order chi connectivity index (χ0) is 29.8. The van der Waals surface area contributed by atoms with Gasteiger partial charge in [-0.15, -0.1) is 0 Å². The summed E-state index contributed by atoms with van der Waals surface area (Å²) in [6.45, 7) is 0.488. The fraction of sp³-hybridized carbons (Fsp3) is 0.171. The number of benzene rings is 4. The van der Waals surface area contributed by atoms with Crippen molar-refractivity contribution in [2.24, 2.45) is 0 Å². The smallest absolute Gasteiger partial charge is 0.322 e. The SMILES string of the molecule is CN1C(=O)N[C@@H](c2cccc(Oc3ccccc3)c2)C2=C1CN([C@@H](Cc1ccccc1)C(=O)NCc1ccccc1)C2=O. The van der Waals surface area contributed by atoms with Crippen molar-refractivity contribution < 1.29 is 19.1 Å². The monoisotopic (exact) mass is 572 g/mol. The molecule has 2 aliphatic heterocycles. The first-order chi connectivity index (χ1) is 21.0. The van der Waals surface area contributed by atoms with Crippen LogP contribution in [0.5, 0.6) is 11.5 Å². The average molecular weight is 573 g/mol. The first-order valence-electron chi connectivity index (χ1n) is 14.2. The molecular formula is C35H32N4O4. The van der Waals surface area contributed by atoms with E-state index in [1.807, 2.05) is 115 Å². The van der Waals surface area contributed by atoms with Crippen LogP contribution in [0.25, 0.3) is 0 Å². The van der Waals surface area contributed by atoms with Gasteiger partial charge in [-0.3, -0.25) is 14.5 Å². The molecule has 2 heterocycles.